The first-order chi connectivity index (χ1) is 36.6. The number of rotatable bonds is 2. The minimum Gasteiger partial charge on any atom is -0.0622 e. The Morgan fingerprint density at radius 1 is 0.200 bits per heavy atom. The third kappa shape index (κ3) is 7.65. The highest BCUT2D eigenvalue weighted by Crippen LogP contribution is 2.63. The molecule has 0 aliphatic heterocycles. The summed E-state index contributed by atoms with van der Waals surface area (Å²) in [4.78, 5) is 0. The average molecular weight is 963 g/mol. The molecule has 0 fully saturated rings. The number of benzene rings is 11. The second kappa shape index (κ2) is 19.0. The van der Waals surface area contributed by atoms with E-state index in [4.69, 9.17) is 0 Å². The van der Waals surface area contributed by atoms with Crippen LogP contribution in [0.3, 0.4) is 0 Å². The predicted molar refractivity (Wildman–Crippen MR) is 316 cm³/mol. The summed E-state index contributed by atoms with van der Waals surface area (Å²) < 4.78 is 0. The highest BCUT2D eigenvalue weighted by Gasteiger charge is 2.51. The van der Waals surface area contributed by atoms with Gasteiger partial charge in [0.2, 0.25) is 0 Å². The van der Waals surface area contributed by atoms with Crippen LogP contribution in [0, 0.1) is 27.7 Å². The third-order valence-electron chi connectivity index (χ3n) is 16.4. The normalized spacial score (nSPS) is 14.1. The molecule has 362 valence electrons. The molecule has 11 aromatic carbocycles. The van der Waals surface area contributed by atoms with Crippen LogP contribution >= 0.6 is 0 Å². The predicted octanol–water partition coefficient (Wildman–Crippen LogP) is 19.0. The maximum Gasteiger partial charge on any atom is 0.0725 e. The summed E-state index contributed by atoms with van der Waals surface area (Å²) in [6.07, 6.45) is 0. The Morgan fingerprint density at radius 3 is 0.840 bits per heavy atom. The maximum absolute atomic E-state index is 2.40. The Kier molecular flexibility index (Phi) is 12.0. The molecule has 0 amide bonds. The fourth-order valence-electron chi connectivity index (χ4n) is 13.1. The molecule has 0 aromatic heterocycles. The molecule has 4 aliphatic carbocycles. The van der Waals surface area contributed by atoms with Crippen LogP contribution in [0.25, 0.3) is 44.5 Å². The van der Waals surface area contributed by atoms with Crippen molar-refractivity contribution in [3.05, 3.63) is 345 Å². The molecule has 11 aromatic rings. The van der Waals surface area contributed by atoms with Crippen molar-refractivity contribution in [2.24, 2.45) is 0 Å². The lowest BCUT2D eigenvalue weighted by molar-refractivity contribution is 0.660. The summed E-state index contributed by atoms with van der Waals surface area (Å²) in [5.74, 6) is 0. The minimum absolute atomic E-state index is 0.151. The molecular formula is C75H62. The Balaban J connectivity index is 0.000000109. The van der Waals surface area contributed by atoms with Gasteiger partial charge in [-0.15, -0.1) is 0 Å². The summed E-state index contributed by atoms with van der Waals surface area (Å²) in [6, 6.07) is 97.2. The summed E-state index contributed by atoms with van der Waals surface area (Å²) in [7, 11) is 0. The van der Waals surface area contributed by atoms with E-state index in [0.29, 0.717) is 0 Å². The van der Waals surface area contributed by atoms with Crippen molar-refractivity contribution in [3.63, 3.8) is 0 Å². The van der Waals surface area contributed by atoms with E-state index in [-0.39, 0.29) is 16.2 Å². The monoisotopic (exact) mass is 962 g/mol. The van der Waals surface area contributed by atoms with E-state index in [0.717, 1.165) is 0 Å². The van der Waals surface area contributed by atoms with Crippen LogP contribution in [-0.4, -0.2) is 0 Å². The molecule has 0 bridgehead atoms. The van der Waals surface area contributed by atoms with Crippen molar-refractivity contribution in [2.75, 3.05) is 0 Å². The van der Waals surface area contributed by atoms with E-state index in [1.165, 1.54) is 122 Å². The van der Waals surface area contributed by atoms with Crippen LogP contribution in [0.1, 0.15) is 91.7 Å². The Labute approximate surface area is 444 Å². The third-order valence-corrected chi connectivity index (χ3v) is 16.4. The zero-order valence-electron chi connectivity index (χ0n) is 43.9. The SMILES string of the molecule is Cc1ccc2c(c1)C(C)(C)c1ccccc1-2.Cc1ccc2c(c1)C(c1ccccc1)(c1ccccc1)c1ccccc1-2.Cc1ccc2c(c1)C1(c3ccccc3-c3ccccc31)c1ccccc1-2.Cc1ccccc1. The van der Waals surface area contributed by atoms with Crippen molar-refractivity contribution in [1.29, 1.82) is 0 Å². The van der Waals surface area contributed by atoms with Crippen molar-refractivity contribution >= 4 is 0 Å². The standard InChI is InChI=1S/C26H18.C26H20.C16H16.C7H8/c1-17-14-15-21-20-10-4-7-13-24(20)26(25(21)16-17)22-11-5-2-8-18(22)19-9-3-6-12-23(19)26;1-19-16-17-23-22-14-8-9-15-24(22)26(25(23)18-19,20-10-4-2-5-11-20)21-12-6-3-7-13-21;1-11-8-9-13-12-6-4-5-7-14(12)16(2,3)15(13)10-11;1-7-5-3-2-4-6-7/h2-16H,1H3;2-18H,1H3;4-10H,1-3H3;2-6H,1H3. The maximum atomic E-state index is 2.40. The Morgan fingerprint density at radius 2 is 0.467 bits per heavy atom. The van der Waals surface area contributed by atoms with Gasteiger partial charge in [-0.1, -0.05) is 303 Å². The van der Waals surface area contributed by atoms with E-state index in [1.807, 2.05) is 18.2 Å². The van der Waals surface area contributed by atoms with Crippen LogP contribution in [0.4, 0.5) is 0 Å². The summed E-state index contributed by atoms with van der Waals surface area (Å²) in [5.41, 5.74) is 30.0. The Bertz CT molecular complexity index is 3690. The zero-order chi connectivity index (χ0) is 51.3. The smallest absolute Gasteiger partial charge is 0.0622 e. The van der Waals surface area contributed by atoms with Crippen LogP contribution < -0.4 is 0 Å². The summed E-state index contributed by atoms with van der Waals surface area (Å²) in [6.45, 7) is 13.3. The largest absolute Gasteiger partial charge is 0.0725 e. The average Bonchev–Trinajstić information content (AvgIpc) is 4.32. The topological polar surface area (TPSA) is 0 Å². The summed E-state index contributed by atoms with van der Waals surface area (Å²) in [5, 5.41) is 0. The van der Waals surface area contributed by atoms with Gasteiger partial charge in [0, 0.05) is 5.41 Å². The molecule has 0 N–H and O–H groups in total. The van der Waals surface area contributed by atoms with Crippen molar-refractivity contribution in [3.8, 4) is 44.5 Å². The lowest BCUT2D eigenvalue weighted by Crippen LogP contribution is -2.28. The Hall–Kier alpha value is -8.58. The van der Waals surface area contributed by atoms with Crippen molar-refractivity contribution in [1.82, 2.24) is 0 Å². The first kappa shape index (κ1) is 47.4. The van der Waals surface area contributed by atoms with Gasteiger partial charge in [-0.2, -0.15) is 0 Å². The molecular weight excluding hydrogens is 901 g/mol. The molecule has 0 nitrogen and oxygen atoms in total. The lowest BCUT2D eigenvalue weighted by Gasteiger charge is -2.34. The van der Waals surface area contributed by atoms with Gasteiger partial charge in [0.15, 0.2) is 0 Å². The van der Waals surface area contributed by atoms with Gasteiger partial charge < -0.3 is 0 Å². The minimum atomic E-state index is -0.263. The van der Waals surface area contributed by atoms with Gasteiger partial charge in [-0.25, -0.2) is 0 Å². The van der Waals surface area contributed by atoms with Gasteiger partial charge >= 0.3 is 0 Å². The lowest BCUT2D eigenvalue weighted by atomic mass is 9.67. The number of hydrogen-bond donors (Lipinski definition) is 0. The second-order valence-corrected chi connectivity index (χ2v) is 21.4. The van der Waals surface area contributed by atoms with Crippen LogP contribution in [0.2, 0.25) is 0 Å². The van der Waals surface area contributed by atoms with Gasteiger partial charge in [-0.05, 0) is 128 Å². The van der Waals surface area contributed by atoms with E-state index >= 15 is 0 Å². The fraction of sp³-hybridized carbons (Fsp3) is 0.120. The van der Waals surface area contributed by atoms with E-state index in [2.05, 4.69) is 290 Å². The van der Waals surface area contributed by atoms with E-state index < -0.39 is 0 Å². The quantitative estimate of drug-likeness (QED) is 0.162. The number of hydrogen-bond acceptors (Lipinski definition) is 0. The van der Waals surface area contributed by atoms with Gasteiger partial charge in [0.05, 0.1) is 10.8 Å². The van der Waals surface area contributed by atoms with Gasteiger partial charge in [0.1, 0.15) is 0 Å². The molecule has 0 heteroatoms. The molecule has 0 heterocycles. The van der Waals surface area contributed by atoms with E-state index in [9.17, 15) is 0 Å². The highest BCUT2D eigenvalue weighted by molar-refractivity contribution is 5.95. The van der Waals surface area contributed by atoms with Crippen molar-refractivity contribution < 1.29 is 0 Å². The number of fused-ring (bicyclic) bond motifs is 16. The zero-order valence-corrected chi connectivity index (χ0v) is 43.9. The molecule has 0 atom stereocenters. The van der Waals surface area contributed by atoms with Crippen LogP contribution in [-0.2, 0) is 16.2 Å². The molecule has 4 aliphatic rings. The summed E-state index contributed by atoms with van der Waals surface area (Å²) >= 11 is 0. The van der Waals surface area contributed by atoms with Gasteiger partial charge in [-0.3, -0.25) is 0 Å². The van der Waals surface area contributed by atoms with E-state index in [1.54, 1.807) is 0 Å². The van der Waals surface area contributed by atoms with Gasteiger partial charge in [0.25, 0.3) is 0 Å². The molecule has 0 radical (unpaired) electrons. The first-order valence-electron chi connectivity index (χ1n) is 26.6. The molecule has 0 unspecified atom stereocenters. The molecule has 0 saturated heterocycles. The first-order valence-corrected chi connectivity index (χ1v) is 26.6. The second-order valence-electron chi connectivity index (χ2n) is 21.4. The molecule has 0 saturated carbocycles. The van der Waals surface area contributed by atoms with Crippen LogP contribution in [0.5, 0.6) is 0 Å². The number of aryl methyl sites for hydroxylation is 4. The fourth-order valence-corrected chi connectivity index (χ4v) is 13.1. The highest BCUT2D eigenvalue weighted by atomic mass is 14.5. The molecule has 15 rings (SSSR count). The van der Waals surface area contributed by atoms with Crippen LogP contribution in [0.15, 0.2) is 267 Å². The van der Waals surface area contributed by atoms with Crippen molar-refractivity contribution in [2.45, 2.75) is 57.8 Å². The molecule has 75 heavy (non-hydrogen) atoms. The molecule has 1 spiro atoms.